The van der Waals surface area contributed by atoms with Gasteiger partial charge in [-0.15, -0.1) is 0 Å². The first kappa shape index (κ1) is 12.4. The van der Waals surface area contributed by atoms with Gasteiger partial charge in [-0.25, -0.2) is 0 Å². The van der Waals surface area contributed by atoms with Gasteiger partial charge < -0.3 is 9.64 Å². The van der Waals surface area contributed by atoms with Gasteiger partial charge in [-0.3, -0.25) is 4.79 Å². The largest absolute Gasteiger partial charge is 0.481 e. The smallest absolute Gasteiger partial charge is 0.262 e. The van der Waals surface area contributed by atoms with Crippen LogP contribution in [0.25, 0.3) is 10.8 Å². The summed E-state index contributed by atoms with van der Waals surface area (Å²) in [7, 11) is 3.45. The molecule has 0 spiro atoms. The molecule has 0 aliphatic carbocycles. The highest BCUT2D eigenvalue weighted by molar-refractivity contribution is 5.84. The number of likely N-dealkylation sites (N-methyl/N-ethyl adjacent to an activating group) is 1. The third kappa shape index (κ3) is 2.62. The lowest BCUT2D eigenvalue weighted by Crippen LogP contribution is -2.35. The Morgan fingerprint density at radius 1 is 1.11 bits per heavy atom. The predicted molar refractivity (Wildman–Crippen MR) is 72.7 cm³/mol. The second-order valence-electron chi connectivity index (χ2n) is 4.50. The summed E-state index contributed by atoms with van der Waals surface area (Å²) in [5.74, 6) is 0.680. The lowest BCUT2D eigenvalue weighted by molar-refractivity contribution is -0.135. The van der Waals surface area contributed by atoms with Crippen molar-refractivity contribution in [2.75, 3.05) is 14.1 Å². The monoisotopic (exact) mass is 243 g/mol. The van der Waals surface area contributed by atoms with Crippen LogP contribution in [0.1, 0.15) is 6.92 Å². The molecule has 0 saturated carbocycles. The summed E-state index contributed by atoms with van der Waals surface area (Å²) < 4.78 is 5.65. The van der Waals surface area contributed by atoms with Crippen LogP contribution in [0.2, 0.25) is 0 Å². The number of carbonyl (C=O) groups is 1. The molecule has 3 nitrogen and oxygen atoms in total. The maximum atomic E-state index is 11.7. The molecule has 0 saturated heterocycles. The van der Waals surface area contributed by atoms with Crippen molar-refractivity contribution in [2.45, 2.75) is 13.0 Å². The van der Waals surface area contributed by atoms with Crippen LogP contribution in [0.15, 0.2) is 42.5 Å². The average Bonchev–Trinajstić information content (AvgIpc) is 2.37. The number of fused-ring (bicyclic) bond motifs is 1. The molecule has 3 heteroatoms. The molecule has 1 unspecified atom stereocenters. The molecular formula is C15H17NO2. The summed E-state index contributed by atoms with van der Waals surface area (Å²) in [4.78, 5) is 13.2. The predicted octanol–water partition coefficient (Wildman–Crippen LogP) is 2.70. The number of carbonyl (C=O) groups excluding carboxylic acids is 1. The molecule has 94 valence electrons. The Morgan fingerprint density at radius 2 is 1.78 bits per heavy atom. The Labute approximate surface area is 107 Å². The second-order valence-corrected chi connectivity index (χ2v) is 4.50. The van der Waals surface area contributed by atoms with Gasteiger partial charge in [0, 0.05) is 14.1 Å². The van der Waals surface area contributed by atoms with Crippen molar-refractivity contribution in [2.24, 2.45) is 0 Å². The molecular weight excluding hydrogens is 226 g/mol. The summed E-state index contributed by atoms with van der Waals surface area (Å²) in [5.41, 5.74) is 0. The summed E-state index contributed by atoms with van der Waals surface area (Å²) >= 11 is 0. The van der Waals surface area contributed by atoms with Crippen LogP contribution in [0, 0.1) is 0 Å². The first-order valence-electron chi connectivity index (χ1n) is 5.94. The van der Waals surface area contributed by atoms with E-state index in [1.54, 1.807) is 21.0 Å². The zero-order chi connectivity index (χ0) is 13.1. The molecule has 1 atom stereocenters. The van der Waals surface area contributed by atoms with Crippen LogP contribution in [0.3, 0.4) is 0 Å². The third-order valence-corrected chi connectivity index (χ3v) is 2.82. The Balaban J connectivity index is 2.19. The highest BCUT2D eigenvalue weighted by Gasteiger charge is 2.16. The average molecular weight is 243 g/mol. The van der Waals surface area contributed by atoms with E-state index in [9.17, 15) is 4.79 Å². The number of hydrogen-bond donors (Lipinski definition) is 0. The fourth-order valence-corrected chi connectivity index (χ4v) is 1.86. The van der Waals surface area contributed by atoms with Crippen molar-refractivity contribution < 1.29 is 9.53 Å². The van der Waals surface area contributed by atoms with E-state index in [-0.39, 0.29) is 5.91 Å². The van der Waals surface area contributed by atoms with Gasteiger partial charge in [-0.05, 0) is 29.8 Å². The van der Waals surface area contributed by atoms with Crippen LogP contribution < -0.4 is 4.74 Å². The number of amides is 1. The third-order valence-electron chi connectivity index (χ3n) is 2.82. The van der Waals surface area contributed by atoms with Crippen molar-refractivity contribution in [1.29, 1.82) is 0 Å². The highest BCUT2D eigenvalue weighted by atomic mass is 16.5. The summed E-state index contributed by atoms with van der Waals surface area (Å²) in [5, 5.41) is 2.27. The SMILES string of the molecule is CC(Oc1ccc2ccccc2c1)C(=O)N(C)C. The van der Waals surface area contributed by atoms with Gasteiger partial charge >= 0.3 is 0 Å². The van der Waals surface area contributed by atoms with Crippen LogP contribution in [0.4, 0.5) is 0 Å². The van der Waals surface area contributed by atoms with E-state index in [1.807, 2.05) is 42.5 Å². The maximum absolute atomic E-state index is 11.7. The van der Waals surface area contributed by atoms with Crippen LogP contribution >= 0.6 is 0 Å². The highest BCUT2D eigenvalue weighted by Crippen LogP contribution is 2.21. The van der Waals surface area contributed by atoms with Crippen molar-refractivity contribution >= 4 is 16.7 Å². The van der Waals surface area contributed by atoms with E-state index in [0.29, 0.717) is 0 Å². The van der Waals surface area contributed by atoms with Gasteiger partial charge in [-0.1, -0.05) is 30.3 Å². The summed E-state index contributed by atoms with van der Waals surface area (Å²) in [6, 6.07) is 13.9. The Kier molecular flexibility index (Phi) is 3.51. The normalized spacial score (nSPS) is 12.2. The first-order chi connectivity index (χ1) is 8.58. The Bertz CT molecular complexity index is 563. The van der Waals surface area contributed by atoms with E-state index in [0.717, 1.165) is 16.5 Å². The lowest BCUT2D eigenvalue weighted by Gasteiger charge is -2.18. The van der Waals surface area contributed by atoms with Gasteiger partial charge in [0.25, 0.3) is 5.91 Å². The fourth-order valence-electron chi connectivity index (χ4n) is 1.86. The van der Waals surface area contributed by atoms with Crippen molar-refractivity contribution in [3.8, 4) is 5.75 Å². The molecule has 18 heavy (non-hydrogen) atoms. The second kappa shape index (κ2) is 5.08. The molecule has 0 bridgehead atoms. The minimum Gasteiger partial charge on any atom is -0.481 e. The minimum atomic E-state index is -0.471. The number of benzene rings is 2. The summed E-state index contributed by atoms with van der Waals surface area (Å²) in [6.45, 7) is 1.76. The molecule has 0 aromatic heterocycles. The standard InChI is InChI=1S/C15H17NO2/c1-11(15(17)16(2)3)18-14-9-8-12-6-4-5-7-13(12)10-14/h4-11H,1-3H3. The lowest BCUT2D eigenvalue weighted by atomic mass is 10.1. The van der Waals surface area contributed by atoms with Crippen LogP contribution in [-0.2, 0) is 4.79 Å². The van der Waals surface area contributed by atoms with Gasteiger partial charge in [0.05, 0.1) is 0 Å². The summed E-state index contributed by atoms with van der Waals surface area (Å²) in [6.07, 6.45) is -0.471. The van der Waals surface area contributed by atoms with E-state index in [1.165, 1.54) is 4.90 Å². The number of nitrogens with zero attached hydrogens (tertiary/aromatic N) is 1. The zero-order valence-corrected chi connectivity index (χ0v) is 10.9. The molecule has 1 amide bonds. The van der Waals surface area contributed by atoms with Crippen molar-refractivity contribution in [3.05, 3.63) is 42.5 Å². The molecule has 2 aromatic rings. The minimum absolute atomic E-state index is 0.0387. The maximum Gasteiger partial charge on any atom is 0.262 e. The van der Waals surface area contributed by atoms with Gasteiger partial charge in [0.2, 0.25) is 0 Å². The number of rotatable bonds is 3. The van der Waals surface area contributed by atoms with Crippen LogP contribution in [-0.4, -0.2) is 31.0 Å². The molecule has 0 aliphatic heterocycles. The van der Waals surface area contributed by atoms with Crippen molar-refractivity contribution in [3.63, 3.8) is 0 Å². The molecule has 0 fully saturated rings. The molecule has 2 aromatic carbocycles. The van der Waals surface area contributed by atoms with Gasteiger partial charge in [-0.2, -0.15) is 0 Å². The first-order valence-corrected chi connectivity index (χ1v) is 5.94. The van der Waals surface area contributed by atoms with E-state index in [4.69, 9.17) is 4.74 Å². The molecule has 0 N–H and O–H groups in total. The Morgan fingerprint density at radius 3 is 2.44 bits per heavy atom. The molecule has 2 rings (SSSR count). The Hall–Kier alpha value is -2.03. The zero-order valence-electron chi connectivity index (χ0n) is 10.9. The molecule has 0 aliphatic rings. The number of hydrogen-bond acceptors (Lipinski definition) is 2. The van der Waals surface area contributed by atoms with Crippen molar-refractivity contribution in [1.82, 2.24) is 4.90 Å². The quantitative estimate of drug-likeness (QED) is 0.829. The fraction of sp³-hybridized carbons (Fsp3) is 0.267. The van der Waals surface area contributed by atoms with Gasteiger partial charge in [0.15, 0.2) is 6.10 Å². The van der Waals surface area contributed by atoms with E-state index in [2.05, 4.69) is 0 Å². The molecule has 0 heterocycles. The van der Waals surface area contributed by atoms with Crippen LogP contribution in [0.5, 0.6) is 5.75 Å². The van der Waals surface area contributed by atoms with Gasteiger partial charge in [0.1, 0.15) is 5.75 Å². The topological polar surface area (TPSA) is 29.5 Å². The van der Waals surface area contributed by atoms with E-state index < -0.39 is 6.10 Å². The van der Waals surface area contributed by atoms with E-state index >= 15 is 0 Å². The number of ether oxygens (including phenoxy) is 1. The molecule has 0 radical (unpaired) electrons.